The minimum atomic E-state index is -0.471. The molecular formula is C17H11ClFNO2S. The minimum Gasteiger partial charge on any atom is -0.465 e. The van der Waals surface area contributed by atoms with Gasteiger partial charge in [0.2, 0.25) is 0 Å². The molecule has 0 fully saturated rings. The number of hydrogen-bond donors (Lipinski definition) is 0. The number of halogens is 2. The SMILES string of the molecule is COC(=O)c1cccc(Cl)c1-c1ncc(-c2ccc(F)cc2)s1. The van der Waals surface area contributed by atoms with Crippen LogP contribution >= 0.6 is 22.9 Å². The summed E-state index contributed by atoms with van der Waals surface area (Å²) in [7, 11) is 1.32. The number of aromatic nitrogens is 1. The van der Waals surface area contributed by atoms with Crippen molar-refractivity contribution in [1.82, 2.24) is 4.98 Å². The molecule has 0 saturated carbocycles. The third-order valence-electron chi connectivity index (χ3n) is 3.27. The molecule has 0 spiro atoms. The van der Waals surface area contributed by atoms with Crippen molar-refractivity contribution in [2.24, 2.45) is 0 Å². The van der Waals surface area contributed by atoms with Gasteiger partial charge in [-0.25, -0.2) is 14.2 Å². The van der Waals surface area contributed by atoms with Gasteiger partial charge < -0.3 is 4.74 Å². The second-order valence-corrected chi connectivity index (χ2v) is 6.13. The summed E-state index contributed by atoms with van der Waals surface area (Å²) in [6.45, 7) is 0. The van der Waals surface area contributed by atoms with E-state index in [0.29, 0.717) is 21.2 Å². The number of carbonyl (C=O) groups is 1. The van der Waals surface area contributed by atoms with Gasteiger partial charge in [-0.2, -0.15) is 0 Å². The molecule has 0 amide bonds. The van der Waals surface area contributed by atoms with Crippen LogP contribution < -0.4 is 0 Å². The van der Waals surface area contributed by atoms with E-state index < -0.39 is 5.97 Å². The van der Waals surface area contributed by atoms with Gasteiger partial charge in [0.25, 0.3) is 0 Å². The van der Waals surface area contributed by atoms with Crippen LogP contribution in [0.4, 0.5) is 4.39 Å². The van der Waals surface area contributed by atoms with Crippen molar-refractivity contribution in [2.45, 2.75) is 0 Å². The molecule has 0 saturated heterocycles. The van der Waals surface area contributed by atoms with Crippen molar-refractivity contribution in [3.8, 4) is 21.0 Å². The van der Waals surface area contributed by atoms with Gasteiger partial charge in [-0.15, -0.1) is 11.3 Å². The summed E-state index contributed by atoms with van der Waals surface area (Å²) in [5.74, 6) is -0.765. The Balaban J connectivity index is 2.07. The van der Waals surface area contributed by atoms with Crippen LogP contribution in [0, 0.1) is 5.82 Å². The van der Waals surface area contributed by atoms with Gasteiger partial charge in [0, 0.05) is 11.8 Å². The molecule has 23 heavy (non-hydrogen) atoms. The first-order valence-electron chi connectivity index (χ1n) is 6.69. The molecule has 0 unspecified atom stereocenters. The zero-order valence-corrected chi connectivity index (χ0v) is 13.6. The van der Waals surface area contributed by atoms with Crippen molar-refractivity contribution in [1.29, 1.82) is 0 Å². The molecule has 0 aliphatic rings. The Morgan fingerprint density at radius 2 is 1.96 bits per heavy atom. The van der Waals surface area contributed by atoms with Gasteiger partial charge >= 0.3 is 5.97 Å². The van der Waals surface area contributed by atoms with E-state index >= 15 is 0 Å². The molecule has 1 aromatic heterocycles. The van der Waals surface area contributed by atoms with Gasteiger partial charge in [-0.3, -0.25) is 0 Å². The average molecular weight is 348 g/mol. The molecule has 0 N–H and O–H groups in total. The minimum absolute atomic E-state index is 0.294. The molecule has 3 aromatic rings. The highest BCUT2D eigenvalue weighted by atomic mass is 35.5. The fourth-order valence-electron chi connectivity index (χ4n) is 2.16. The monoisotopic (exact) mass is 347 g/mol. The summed E-state index contributed by atoms with van der Waals surface area (Å²) in [4.78, 5) is 17.1. The van der Waals surface area contributed by atoms with E-state index in [2.05, 4.69) is 4.98 Å². The summed E-state index contributed by atoms with van der Waals surface area (Å²) < 4.78 is 17.8. The van der Waals surface area contributed by atoms with Gasteiger partial charge in [-0.05, 0) is 29.8 Å². The summed E-state index contributed by atoms with van der Waals surface area (Å²) in [5, 5.41) is 1.03. The molecule has 0 radical (unpaired) electrons. The molecule has 116 valence electrons. The smallest absolute Gasteiger partial charge is 0.338 e. The number of benzene rings is 2. The number of esters is 1. The standard InChI is InChI=1S/C17H11ClFNO2S/c1-22-17(21)12-3-2-4-13(18)15(12)16-20-9-14(23-16)10-5-7-11(19)8-6-10/h2-9H,1H3. The molecule has 0 aliphatic carbocycles. The largest absolute Gasteiger partial charge is 0.465 e. The molecule has 0 aliphatic heterocycles. The summed E-state index contributed by atoms with van der Waals surface area (Å²) in [6.07, 6.45) is 1.68. The number of nitrogens with zero attached hydrogens (tertiary/aromatic N) is 1. The van der Waals surface area contributed by atoms with Crippen LogP contribution in [0.25, 0.3) is 21.0 Å². The van der Waals surface area contributed by atoms with Crippen molar-refractivity contribution in [3.63, 3.8) is 0 Å². The Kier molecular flexibility index (Phi) is 4.41. The van der Waals surface area contributed by atoms with Gasteiger partial charge in [0.1, 0.15) is 10.8 Å². The first-order chi connectivity index (χ1) is 11.1. The lowest BCUT2D eigenvalue weighted by atomic mass is 10.1. The Morgan fingerprint density at radius 3 is 2.65 bits per heavy atom. The molecule has 3 nitrogen and oxygen atoms in total. The maximum Gasteiger partial charge on any atom is 0.338 e. The van der Waals surface area contributed by atoms with Crippen molar-refractivity contribution in [3.05, 3.63) is 65.1 Å². The van der Waals surface area contributed by atoms with E-state index in [4.69, 9.17) is 16.3 Å². The summed E-state index contributed by atoms with van der Waals surface area (Å²) in [6, 6.07) is 11.2. The van der Waals surface area contributed by atoms with Crippen LogP contribution in [0.15, 0.2) is 48.7 Å². The highest BCUT2D eigenvalue weighted by Gasteiger charge is 2.19. The Hall–Kier alpha value is -2.24. The van der Waals surface area contributed by atoms with Crippen molar-refractivity contribution in [2.75, 3.05) is 7.11 Å². The first-order valence-corrected chi connectivity index (χ1v) is 7.88. The molecule has 0 atom stereocenters. The van der Waals surface area contributed by atoms with E-state index in [-0.39, 0.29) is 5.82 Å². The van der Waals surface area contributed by atoms with Crippen LogP contribution in [-0.4, -0.2) is 18.1 Å². The number of carbonyl (C=O) groups excluding carboxylic acids is 1. The van der Waals surface area contributed by atoms with Crippen LogP contribution in [0.2, 0.25) is 5.02 Å². The lowest BCUT2D eigenvalue weighted by Gasteiger charge is -2.07. The topological polar surface area (TPSA) is 39.2 Å². The molecule has 3 rings (SSSR count). The fraction of sp³-hybridized carbons (Fsp3) is 0.0588. The summed E-state index contributed by atoms with van der Waals surface area (Å²) >= 11 is 7.63. The third-order valence-corrected chi connectivity index (χ3v) is 4.65. The van der Waals surface area contributed by atoms with Crippen LogP contribution in [-0.2, 0) is 4.74 Å². The predicted octanol–water partition coefficient (Wildman–Crippen LogP) is 5.06. The zero-order chi connectivity index (χ0) is 16.4. The second kappa shape index (κ2) is 6.48. The normalized spacial score (nSPS) is 10.6. The Labute approximate surface area is 141 Å². The maximum absolute atomic E-state index is 13.0. The van der Waals surface area contributed by atoms with E-state index in [1.807, 2.05) is 0 Å². The number of hydrogen-bond acceptors (Lipinski definition) is 4. The van der Waals surface area contributed by atoms with Gasteiger partial charge in [0.15, 0.2) is 0 Å². The Morgan fingerprint density at radius 1 is 1.22 bits per heavy atom. The van der Waals surface area contributed by atoms with Crippen LogP contribution in [0.1, 0.15) is 10.4 Å². The Bertz CT molecular complexity index is 861. The lowest BCUT2D eigenvalue weighted by Crippen LogP contribution is -2.03. The number of rotatable bonds is 3. The van der Waals surface area contributed by atoms with E-state index in [1.165, 1.54) is 30.6 Å². The molecule has 1 heterocycles. The average Bonchev–Trinajstić information content (AvgIpc) is 3.04. The predicted molar refractivity (Wildman–Crippen MR) is 89.3 cm³/mol. The van der Waals surface area contributed by atoms with E-state index in [0.717, 1.165) is 10.4 Å². The molecular weight excluding hydrogens is 337 g/mol. The molecule has 0 bridgehead atoms. The third kappa shape index (κ3) is 3.11. The quantitative estimate of drug-likeness (QED) is 0.622. The van der Waals surface area contributed by atoms with Crippen molar-refractivity contribution >= 4 is 28.9 Å². The van der Waals surface area contributed by atoms with Crippen LogP contribution in [0.5, 0.6) is 0 Å². The van der Waals surface area contributed by atoms with Gasteiger partial charge in [0.05, 0.1) is 22.6 Å². The highest BCUT2D eigenvalue weighted by Crippen LogP contribution is 2.37. The molecule has 2 aromatic carbocycles. The lowest BCUT2D eigenvalue weighted by molar-refractivity contribution is 0.0601. The van der Waals surface area contributed by atoms with Crippen molar-refractivity contribution < 1.29 is 13.9 Å². The fourth-order valence-corrected chi connectivity index (χ4v) is 3.47. The number of methoxy groups -OCH3 is 1. The number of ether oxygens (including phenoxy) is 1. The zero-order valence-electron chi connectivity index (χ0n) is 12.0. The summed E-state index contributed by atoms with van der Waals surface area (Å²) in [5.41, 5.74) is 1.75. The van der Waals surface area contributed by atoms with E-state index in [1.54, 1.807) is 36.5 Å². The van der Waals surface area contributed by atoms with E-state index in [9.17, 15) is 9.18 Å². The maximum atomic E-state index is 13.0. The molecule has 6 heteroatoms. The number of thiazole rings is 1. The van der Waals surface area contributed by atoms with Crippen LogP contribution in [0.3, 0.4) is 0 Å². The highest BCUT2D eigenvalue weighted by molar-refractivity contribution is 7.18. The van der Waals surface area contributed by atoms with Gasteiger partial charge in [-0.1, -0.05) is 29.8 Å². The first kappa shape index (κ1) is 15.6. The second-order valence-electron chi connectivity index (χ2n) is 4.69.